The molecule has 1 aromatic carbocycles. The number of ether oxygens (including phenoxy) is 1. The molecule has 2 fully saturated rings. The zero-order chi connectivity index (χ0) is 16.2. The molecular formula is C20H26O3. The van der Waals surface area contributed by atoms with E-state index in [1.807, 2.05) is 6.07 Å². The van der Waals surface area contributed by atoms with Crippen LogP contribution in [0.2, 0.25) is 0 Å². The molecule has 3 heteroatoms. The number of fused-ring (bicyclic) bond motifs is 3. The van der Waals surface area contributed by atoms with Crippen LogP contribution in [0.15, 0.2) is 12.1 Å². The Morgan fingerprint density at radius 2 is 1.91 bits per heavy atom. The third-order valence-corrected chi connectivity index (χ3v) is 6.27. The van der Waals surface area contributed by atoms with Crippen molar-refractivity contribution in [3.8, 4) is 11.5 Å². The van der Waals surface area contributed by atoms with Gasteiger partial charge >= 0.3 is 0 Å². The molecule has 0 radical (unpaired) electrons. The first-order chi connectivity index (χ1) is 11.0. The Labute approximate surface area is 138 Å². The summed E-state index contributed by atoms with van der Waals surface area (Å²) in [5.74, 6) is 2.42. The quantitative estimate of drug-likeness (QED) is 0.819. The Bertz CT molecular complexity index is 641. The molecule has 2 unspecified atom stereocenters. The molecule has 1 aromatic rings. The number of carbonyl (C=O) groups excluding carboxylic acids is 1. The normalized spacial score (nSPS) is 29.7. The van der Waals surface area contributed by atoms with Crippen LogP contribution < -0.4 is 4.74 Å². The monoisotopic (exact) mass is 314 g/mol. The van der Waals surface area contributed by atoms with E-state index in [0.717, 1.165) is 17.7 Å². The largest absolute Gasteiger partial charge is 0.508 e. The van der Waals surface area contributed by atoms with E-state index in [1.54, 1.807) is 0 Å². The smallest absolute Gasteiger partial charge is 0.133 e. The SMILES string of the molecule is CC1(C)Oc2cc(C3CCCC3)cc(O)c2C2CC(=O)CCC21. The fourth-order valence-corrected chi connectivity index (χ4v) is 5.09. The van der Waals surface area contributed by atoms with E-state index in [-0.39, 0.29) is 11.5 Å². The summed E-state index contributed by atoms with van der Waals surface area (Å²) >= 11 is 0. The van der Waals surface area contributed by atoms with Crippen LogP contribution in [0.4, 0.5) is 0 Å². The summed E-state index contributed by atoms with van der Waals surface area (Å²) < 4.78 is 6.33. The Hall–Kier alpha value is -1.51. The van der Waals surface area contributed by atoms with Gasteiger partial charge < -0.3 is 9.84 Å². The van der Waals surface area contributed by atoms with Gasteiger partial charge in [0.15, 0.2) is 0 Å². The van der Waals surface area contributed by atoms with Crippen LogP contribution in [0.25, 0.3) is 0 Å². The average Bonchev–Trinajstić information content (AvgIpc) is 2.99. The standard InChI is InChI=1S/C20H26O3/c1-20(2)16-8-7-14(21)11-15(16)19-17(22)9-13(10-18(19)23-20)12-5-3-4-6-12/h9-10,12,15-16,22H,3-8,11H2,1-2H3. The number of ketones is 1. The number of phenolic OH excluding ortho intramolecular Hbond substituents is 1. The minimum atomic E-state index is -0.279. The number of benzene rings is 1. The summed E-state index contributed by atoms with van der Waals surface area (Å²) in [5.41, 5.74) is 1.80. The molecule has 124 valence electrons. The number of carbonyl (C=O) groups is 1. The summed E-state index contributed by atoms with van der Waals surface area (Å²) in [5, 5.41) is 10.7. The highest BCUT2D eigenvalue weighted by Gasteiger charge is 2.47. The van der Waals surface area contributed by atoms with Crippen molar-refractivity contribution < 1.29 is 14.6 Å². The predicted molar refractivity (Wildman–Crippen MR) is 89.1 cm³/mol. The van der Waals surface area contributed by atoms with Crippen molar-refractivity contribution in [3.05, 3.63) is 23.3 Å². The molecule has 2 atom stereocenters. The summed E-state index contributed by atoms with van der Waals surface area (Å²) in [6, 6.07) is 4.08. The molecule has 1 aliphatic heterocycles. The highest BCUT2D eigenvalue weighted by molar-refractivity contribution is 5.81. The number of Topliss-reactive ketones (excluding diaryl/α,β-unsaturated/α-hetero) is 1. The second-order valence-electron chi connectivity index (χ2n) is 8.13. The number of aromatic hydroxyl groups is 1. The highest BCUT2D eigenvalue weighted by atomic mass is 16.5. The summed E-state index contributed by atoms with van der Waals surface area (Å²) in [6.07, 6.45) is 6.99. The van der Waals surface area contributed by atoms with Crippen LogP contribution in [0, 0.1) is 5.92 Å². The maximum absolute atomic E-state index is 12.0. The van der Waals surface area contributed by atoms with Gasteiger partial charge in [0.05, 0.1) is 0 Å². The topological polar surface area (TPSA) is 46.5 Å². The minimum absolute atomic E-state index is 0.104. The van der Waals surface area contributed by atoms with Crippen LogP contribution >= 0.6 is 0 Å². The molecule has 2 saturated carbocycles. The summed E-state index contributed by atoms with van der Waals surface area (Å²) in [4.78, 5) is 12.0. The lowest BCUT2D eigenvalue weighted by atomic mass is 9.66. The molecule has 1 heterocycles. The molecule has 0 saturated heterocycles. The first-order valence-corrected chi connectivity index (χ1v) is 9.03. The van der Waals surface area contributed by atoms with Gasteiger partial charge in [-0.25, -0.2) is 0 Å². The molecule has 4 rings (SSSR count). The molecule has 0 spiro atoms. The molecule has 0 bridgehead atoms. The van der Waals surface area contributed by atoms with E-state index in [9.17, 15) is 9.90 Å². The fraction of sp³-hybridized carbons (Fsp3) is 0.650. The number of hydrogen-bond acceptors (Lipinski definition) is 3. The van der Waals surface area contributed by atoms with E-state index in [1.165, 1.54) is 31.2 Å². The zero-order valence-electron chi connectivity index (χ0n) is 14.1. The third-order valence-electron chi connectivity index (χ3n) is 6.27. The Morgan fingerprint density at radius 1 is 1.17 bits per heavy atom. The number of rotatable bonds is 1. The second kappa shape index (κ2) is 5.25. The second-order valence-corrected chi connectivity index (χ2v) is 8.13. The van der Waals surface area contributed by atoms with Crippen molar-refractivity contribution in [2.24, 2.45) is 5.92 Å². The van der Waals surface area contributed by atoms with E-state index < -0.39 is 0 Å². The lowest BCUT2D eigenvalue weighted by Gasteiger charge is -2.47. The minimum Gasteiger partial charge on any atom is -0.508 e. The summed E-state index contributed by atoms with van der Waals surface area (Å²) in [6.45, 7) is 4.26. The van der Waals surface area contributed by atoms with E-state index >= 15 is 0 Å². The van der Waals surface area contributed by atoms with Crippen LogP contribution in [0.3, 0.4) is 0 Å². The Balaban J connectivity index is 1.79. The lowest BCUT2D eigenvalue weighted by molar-refractivity contribution is -0.124. The van der Waals surface area contributed by atoms with E-state index in [0.29, 0.717) is 36.2 Å². The molecule has 3 aliphatic rings. The van der Waals surface area contributed by atoms with Gasteiger partial charge in [-0.1, -0.05) is 12.8 Å². The van der Waals surface area contributed by atoms with Gasteiger partial charge in [-0.15, -0.1) is 0 Å². The maximum Gasteiger partial charge on any atom is 0.133 e. The number of hydrogen-bond donors (Lipinski definition) is 1. The third kappa shape index (κ3) is 2.45. The highest BCUT2D eigenvalue weighted by Crippen LogP contribution is 2.54. The first kappa shape index (κ1) is 15.0. The fourth-order valence-electron chi connectivity index (χ4n) is 5.09. The molecule has 3 nitrogen and oxygen atoms in total. The van der Waals surface area contributed by atoms with Gasteiger partial charge in [0.25, 0.3) is 0 Å². The molecular weight excluding hydrogens is 288 g/mol. The van der Waals surface area contributed by atoms with Crippen LogP contribution in [-0.4, -0.2) is 16.5 Å². The molecule has 0 amide bonds. The Morgan fingerprint density at radius 3 is 2.65 bits per heavy atom. The molecule has 0 aromatic heterocycles. The Kier molecular flexibility index (Phi) is 3.44. The van der Waals surface area contributed by atoms with Crippen LogP contribution in [0.1, 0.15) is 81.8 Å². The van der Waals surface area contributed by atoms with Crippen molar-refractivity contribution in [2.45, 2.75) is 76.2 Å². The van der Waals surface area contributed by atoms with Crippen LogP contribution in [0.5, 0.6) is 11.5 Å². The van der Waals surface area contributed by atoms with Gasteiger partial charge in [0.2, 0.25) is 0 Å². The van der Waals surface area contributed by atoms with Crippen molar-refractivity contribution in [1.29, 1.82) is 0 Å². The molecule has 1 N–H and O–H groups in total. The van der Waals surface area contributed by atoms with Crippen LogP contribution in [-0.2, 0) is 4.79 Å². The zero-order valence-corrected chi connectivity index (χ0v) is 14.1. The maximum atomic E-state index is 12.0. The first-order valence-electron chi connectivity index (χ1n) is 9.03. The van der Waals surface area contributed by atoms with Crippen molar-refractivity contribution in [2.75, 3.05) is 0 Å². The lowest BCUT2D eigenvalue weighted by Crippen LogP contribution is -2.47. The predicted octanol–water partition coefficient (Wildman–Crippen LogP) is 4.67. The van der Waals surface area contributed by atoms with Gasteiger partial charge in [-0.2, -0.15) is 0 Å². The van der Waals surface area contributed by atoms with E-state index in [4.69, 9.17) is 4.74 Å². The van der Waals surface area contributed by atoms with Gasteiger partial charge in [0.1, 0.15) is 22.9 Å². The van der Waals surface area contributed by atoms with Crippen molar-refractivity contribution >= 4 is 5.78 Å². The number of phenols is 1. The van der Waals surface area contributed by atoms with Gasteiger partial charge in [-0.3, -0.25) is 4.79 Å². The summed E-state index contributed by atoms with van der Waals surface area (Å²) in [7, 11) is 0. The molecule has 2 aliphatic carbocycles. The van der Waals surface area contributed by atoms with Gasteiger partial charge in [-0.05, 0) is 56.7 Å². The van der Waals surface area contributed by atoms with Crippen molar-refractivity contribution in [3.63, 3.8) is 0 Å². The van der Waals surface area contributed by atoms with Gasteiger partial charge in [0, 0.05) is 30.2 Å². The average molecular weight is 314 g/mol. The molecule has 23 heavy (non-hydrogen) atoms. The van der Waals surface area contributed by atoms with Crippen molar-refractivity contribution in [1.82, 2.24) is 0 Å². The van der Waals surface area contributed by atoms with E-state index in [2.05, 4.69) is 19.9 Å².